The zero-order valence-corrected chi connectivity index (χ0v) is 13.9. The Balaban J connectivity index is 2.38. The van der Waals surface area contributed by atoms with Crippen LogP contribution in [-0.4, -0.2) is 23.1 Å². The van der Waals surface area contributed by atoms with E-state index in [1.807, 2.05) is 24.6 Å². The number of nitrogens with zero attached hydrogens (tertiary/aromatic N) is 2. The van der Waals surface area contributed by atoms with E-state index >= 15 is 0 Å². The average molecular weight is 320 g/mol. The molecule has 1 amide bonds. The average Bonchev–Trinajstić information content (AvgIpc) is 2.81. The van der Waals surface area contributed by atoms with Gasteiger partial charge in [0.05, 0.1) is 22.4 Å². The first-order valence-corrected chi connectivity index (χ1v) is 8.22. The summed E-state index contributed by atoms with van der Waals surface area (Å²) in [4.78, 5) is 28.4. The lowest BCUT2D eigenvalue weighted by Crippen LogP contribution is -2.13. The predicted octanol–water partition coefficient (Wildman–Crippen LogP) is 3.03. The lowest BCUT2D eigenvalue weighted by Gasteiger charge is -2.01. The summed E-state index contributed by atoms with van der Waals surface area (Å²) >= 11 is 1.40. The van der Waals surface area contributed by atoms with E-state index in [1.165, 1.54) is 11.3 Å². The largest absolute Gasteiger partial charge is 0.462 e. The number of fused-ring (bicyclic) bond motifs is 1. The molecule has 0 unspecified atom stereocenters. The minimum atomic E-state index is -0.335. The molecular formula is C16H20N2O3S. The zero-order chi connectivity index (χ0) is 16.1. The number of aromatic nitrogens is 1. The van der Waals surface area contributed by atoms with Crippen LogP contribution in [0.15, 0.2) is 23.2 Å². The van der Waals surface area contributed by atoms with Crippen molar-refractivity contribution >= 4 is 33.4 Å². The number of unbranched alkanes of at least 4 members (excludes halogenated alkanes) is 1. The number of aryl methyl sites for hydroxylation is 1. The van der Waals surface area contributed by atoms with Crippen molar-refractivity contribution < 1.29 is 14.3 Å². The second kappa shape index (κ2) is 7.35. The summed E-state index contributed by atoms with van der Waals surface area (Å²) in [5, 5.41) is 0. The fourth-order valence-electron chi connectivity index (χ4n) is 2.07. The molecule has 0 aliphatic rings. The third-order valence-corrected chi connectivity index (χ3v) is 4.38. The van der Waals surface area contributed by atoms with Crippen molar-refractivity contribution in [1.29, 1.82) is 0 Å². The lowest BCUT2D eigenvalue weighted by atomic mass is 10.2. The van der Waals surface area contributed by atoms with Gasteiger partial charge in [0.1, 0.15) is 0 Å². The molecule has 2 rings (SSSR count). The number of amides is 1. The van der Waals surface area contributed by atoms with Gasteiger partial charge in [0.2, 0.25) is 5.91 Å². The predicted molar refractivity (Wildman–Crippen MR) is 86.8 cm³/mol. The Labute approximate surface area is 133 Å². The molecule has 1 aromatic heterocycles. The van der Waals surface area contributed by atoms with Crippen molar-refractivity contribution in [2.75, 3.05) is 6.61 Å². The van der Waals surface area contributed by atoms with Gasteiger partial charge in [0.25, 0.3) is 0 Å². The van der Waals surface area contributed by atoms with Gasteiger partial charge in [-0.15, -0.1) is 0 Å². The molecule has 0 spiro atoms. The number of esters is 1. The molecule has 0 atom stereocenters. The first-order chi connectivity index (χ1) is 10.6. The molecule has 2 aromatic rings. The summed E-state index contributed by atoms with van der Waals surface area (Å²) < 4.78 is 7.79. The van der Waals surface area contributed by atoms with E-state index in [-0.39, 0.29) is 11.9 Å². The van der Waals surface area contributed by atoms with Crippen molar-refractivity contribution in [2.24, 2.45) is 12.0 Å². The molecule has 0 fully saturated rings. The maximum atomic E-state index is 11.8. The van der Waals surface area contributed by atoms with Crippen LogP contribution in [0.4, 0.5) is 0 Å². The molecule has 6 heteroatoms. The zero-order valence-electron chi connectivity index (χ0n) is 13.1. The quantitative estimate of drug-likeness (QED) is 0.796. The van der Waals surface area contributed by atoms with Gasteiger partial charge in [-0.3, -0.25) is 4.79 Å². The van der Waals surface area contributed by atoms with Crippen LogP contribution in [0.5, 0.6) is 0 Å². The molecule has 1 heterocycles. The molecule has 0 bridgehead atoms. The van der Waals surface area contributed by atoms with E-state index in [0.717, 1.165) is 23.1 Å². The van der Waals surface area contributed by atoms with E-state index in [2.05, 4.69) is 4.99 Å². The van der Waals surface area contributed by atoms with Crippen LogP contribution in [-0.2, 0) is 16.6 Å². The van der Waals surface area contributed by atoms with Gasteiger partial charge in [-0.05, 0) is 31.5 Å². The summed E-state index contributed by atoms with van der Waals surface area (Å²) in [6, 6.07) is 5.37. The van der Waals surface area contributed by atoms with E-state index in [4.69, 9.17) is 4.74 Å². The van der Waals surface area contributed by atoms with E-state index in [9.17, 15) is 9.59 Å². The maximum absolute atomic E-state index is 11.8. The van der Waals surface area contributed by atoms with Crippen molar-refractivity contribution in [1.82, 2.24) is 4.57 Å². The number of carbonyl (C=O) groups is 2. The first-order valence-electron chi connectivity index (χ1n) is 7.41. The molecule has 0 radical (unpaired) electrons. The topological polar surface area (TPSA) is 60.7 Å². The second-order valence-corrected chi connectivity index (χ2v) is 5.96. The van der Waals surface area contributed by atoms with Gasteiger partial charge in [-0.1, -0.05) is 24.7 Å². The van der Waals surface area contributed by atoms with E-state index < -0.39 is 0 Å². The van der Waals surface area contributed by atoms with Gasteiger partial charge in [0.15, 0.2) is 4.80 Å². The Hall–Kier alpha value is -1.95. The van der Waals surface area contributed by atoms with Gasteiger partial charge < -0.3 is 9.30 Å². The fraction of sp³-hybridized carbons (Fsp3) is 0.438. The summed E-state index contributed by atoms with van der Waals surface area (Å²) in [5.74, 6) is -0.437. The van der Waals surface area contributed by atoms with Crippen LogP contribution in [0.1, 0.15) is 43.5 Å². The van der Waals surface area contributed by atoms with E-state index in [0.29, 0.717) is 23.4 Å². The third kappa shape index (κ3) is 3.62. The molecule has 118 valence electrons. The van der Waals surface area contributed by atoms with Crippen molar-refractivity contribution in [3.63, 3.8) is 0 Å². The Morgan fingerprint density at radius 2 is 2.09 bits per heavy atom. The van der Waals surface area contributed by atoms with Crippen molar-refractivity contribution in [3.8, 4) is 0 Å². The van der Waals surface area contributed by atoms with Crippen LogP contribution >= 0.6 is 11.3 Å². The number of hydrogen-bond donors (Lipinski definition) is 0. The molecule has 5 nitrogen and oxygen atoms in total. The summed E-state index contributed by atoms with van der Waals surface area (Å²) in [7, 11) is 1.87. The number of rotatable bonds is 5. The van der Waals surface area contributed by atoms with Crippen molar-refractivity contribution in [2.45, 2.75) is 33.1 Å². The van der Waals surface area contributed by atoms with Gasteiger partial charge in [0, 0.05) is 13.5 Å². The van der Waals surface area contributed by atoms with Crippen LogP contribution in [0.3, 0.4) is 0 Å². The Kier molecular flexibility index (Phi) is 5.49. The number of benzene rings is 1. The molecule has 0 saturated carbocycles. The minimum absolute atomic E-state index is 0.102. The highest BCUT2D eigenvalue weighted by atomic mass is 32.1. The van der Waals surface area contributed by atoms with Crippen LogP contribution in [0.2, 0.25) is 0 Å². The molecule has 0 aliphatic heterocycles. The van der Waals surface area contributed by atoms with Gasteiger partial charge >= 0.3 is 5.97 Å². The van der Waals surface area contributed by atoms with Gasteiger partial charge in [-0.25, -0.2) is 4.79 Å². The van der Waals surface area contributed by atoms with Gasteiger partial charge in [-0.2, -0.15) is 4.99 Å². The Morgan fingerprint density at radius 3 is 2.77 bits per heavy atom. The van der Waals surface area contributed by atoms with Crippen LogP contribution in [0.25, 0.3) is 10.2 Å². The monoisotopic (exact) mass is 320 g/mol. The first kappa shape index (κ1) is 16.4. The fourth-order valence-corrected chi connectivity index (χ4v) is 3.15. The highest BCUT2D eigenvalue weighted by molar-refractivity contribution is 7.16. The van der Waals surface area contributed by atoms with Crippen LogP contribution in [0, 0.1) is 0 Å². The molecule has 0 aliphatic carbocycles. The number of thiazole rings is 1. The third-order valence-electron chi connectivity index (χ3n) is 3.29. The second-order valence-electron chi connectivity index (χ2n) is 4.96. The Bertz CT molecular complexity index is 758. The molecule has 1 aromatic carbocycles. The van der Waals surface area contributed by atoms with E-state index in [1.54, 1.807) is 19.1 Å². The molecule has 0 saturated heterocycles. The summed E-state index contributed by atoms with van der Waals surface area (Å²) in [6.45, 7) is 4.17. The number of hydrogen-bond acceptors (Lipinski definition) is 4. The normalized spacial score (nSPS) is 11.9. The minimum Gasteiger partial charge on any atom is -0.462 e. The number of carbonyl (C=O) groups excluding carboxylic acids is 2. The molecule has 0 N–H and O–H groups in total. The number of ether oxygens (including phenoxy) is 1. The van der Waals surface area contributed by atoms with Crippen LogP contribution < -0.4 is 4.80 Å². The van der Waals surface area contributed by atoms with Crippen molar-refractivity contribution in [3.05, 3.63) is 28.6 Å². The smallest absolute Gasteiger partial charge is 0.338 e. The maximum Gasteiger partial charge on any atom is 0.338 e. The molecule has 22 heavy (non-hydrogen) atoms. The molecular weight excluding hydrogens is 300 g/mol. The standard InChI is InChI=1S/C16H20N2O3S/c1-4-6-7-14(19)17-16-18(3)12-9-8-11(10-13(12)22-16)15(20)21-5-2/h8-10H,4-7H2,1-3H3. The highest BCUT2D eigenvalue weighted by Crippen LogP contribution is 2.19. The lowest BCUT2D eigenvalue weighted by molar-refractivity contribution is -0.118. The SMILES string of the molecule is CCCCC(=O)N=c1sc2cc(C(=O)OCC)ccc2n1C. The Morgan fingerprint density at radius 1 is 1.32 bits per heavy atom. The highest BCUT2D eigenvalue weighted by Gasteiger charge is 2.10. The summed E-state index contributed by atoms with van der Waals surface area (Å²) in [6.07, 6.45) is 2.30. The summed E-state index contributed by atoms with van der Waals surface area (Å²) in [5.41, 5.74) is 1.46.